The zero-order chi connectivity index (χ0) is 26.6. The topological polar surface area (TPSA) is 97.6 Å². The molecule has 1 fully saturated rings. The molecule has 0 unspecified atom stereocenters. The predicted octanol–water partition coefficient (Wildman–Crippen LogP) is 3.51. The van der Waals surface area contributed by atoms with Crippen LogP contribution in [0.5, 0.6) is 5.75 Å². The van der Waals surface area contributed by atoms with Crippen molar-refractivity contribution in [2.24, 2.45) is 0 Å². The van der Waals surface area contributed by atoms with Gasteiger partial charge in [0.1, 0.15) is 5.69 Å². The molecular formula is C23H23ClF3N5O4S. The third-order valence-electron chi connectivity index (χ3n) is 5.64. The van der Waals surface area contributed by atoms with Crippen molar-refractivity contribution in [1.29, 1.82) is 0 Å². The number of benzene rings is 1. The van der Waals surface area contributed by atoms with Crippen LogP contribution in [-0.2, 0) is 10.0 Å². The van der Waals surface area contributed by atoms with E-state index in [0.29, 0.717) is 10.7 Å². The highest BCUT2D eigenvalue weighted by molar-refractivity contribution is 7.89. The molecule has 0 amide bonds. The molecule has 1 aromatic carbocycles. The van der Waals surface area contributed by atoms with Crippen LogP contribution in [0.1, 0.15) is 12.8 Å². The lowest BCUT2D eigenvalue weighted by atomic mass is 10.3. The van der Waals surface area contributed by atoms with Gasteiger partial charge in [0, 0.05) is 43.8 Å². The van der Waals surface area contributed by atoms with Gasteiger partial charge < -0.3 is 9.64 Å². The quantitative estimate of drug-likeness (QED) is 0.391. The molecule has 2 aromatic heterocycles. The molecule has 4 rings (SSSR count). The van der Waals surface area contributed by atoms with Crippen LogP contribution in [0.15, 0.2) is 64.7 Å². The molecule has 1 aliphatic rings. The molecule has 3 heterocycles. The van der Waals surface area contributed by atoms with Gasteiger partial charge in [-0.1, -0.05) is 23.7 Å². The first kappa shape index (κ1) is 26.9. The number of alkyl halides is 3. The minimum Gasteiger partial charge on any atom is -0.486 e. The van der Waals surface area contributed by atoms with Crippen molar-refractivity contribution >= 4 is 27.3 Å². The van der Waals surface area contributed by atoms with Crippen LogP contribution in [0.2, 0.25) is 5.02 Å². The lowest BCUT2D eigenvalue weighted by molar-refractivity contribution is -0.136. The van der Waals surface area contributed by atoms with Crippen LogP contribution in [0.3, 0.4) is 0 Å². The summed E-state index contributed by atoms with van der Waals surface area (Å²) in [5.41, 5.74) is -0.0454. The normalized spacial score (nSPS) is 15.1. The number of pyridine rings is 1. The van der Waals surface area contributed by atoms with Gasteiger partial charge in [0.15, 0.2) is 5.03 Å². The SMILES string of the molecule is O=c1c(OCCCC(F)(F)F)c(N2CCN(S(=O)(=O)c3ccccn3)CC2)cnn1-c1cccc(Cl)c1. The number of halogens is 4. The molecule has 1 saturated heterocycles. The van der Waals surface area contributed by atoms with Gasteiger partial charge in [-0.3, -0.25) is 4.79 Å². The molecule has 0 bridgehead atoms. The van der Waals surface area contributed by atoms with Gasteiger partial charge in [0.05, 0.1) is 18.5 Å². The van der Waals surface area contributed by atoms with Gasteiger partial charge in [0.2, 0.25) is 5.75 Å². The monoisotopic (exact) mass is 557 g/mol. The second-order valence-electron chi connectivity index (χ2n) is 8.18. The van der Waals surface area contributed by atoms with E-state index in [-0.39, 0.29) is 55.7 Å². The average molecular weight is 558 g/mol. The Kier molecular flexibility index (Phi) is 8.05. The molecule has 9 nitrogen and oxygen atoms in total. The number of hydrogen-bond donors (Lipinski definition) is 0. The molecule has 0 saturated carbocycles. The molecule has 1 aliphatic heterocycles. The molecule has 0 radical (unpaired) electrons. The maximum atomic E-state index is 13.3. The first-order valence-corrected chi connectivity index (χ1v) is 13.1. The first-order chi connectivity index (χ1) is 17.6. The number of piperazine rings is 1. The number of hydrogen-bond acceptors (Lipinski definition) is 7. The lowest BCUT2D eigenvalue weighted by Gasteiger charge is -2.35. The summed E-state index contributed by atoms with van der Waals surface area (Å²) in [6.07, 6.45) is -2.96. The summed E-state index contributed by atoms with van der Waals surface area (Å²) in [6.45, 7) is 0.267. The van der Waals surface area contributed by atoms with Crippen molar-refractivity contribution in [2.45, 2.75) is 24.0 Å². The van der Waals surface area contributed by atoms with E-state index in [1.54, 1.807) is 35.2 Å². The Balaban J connectivity index is 1.58. The summed E-state index contributed by atoms with van der Waals surface area (Å²) in [5.74, 6) is -0.168. The van der Waals surface area contributed by atoms with Gasteiger partial charge >= 0.3 is 11.7 Å². The van der Waals surface area contributed by atoms with E-state index in [1.165, 1.54) is 28.8 Å². The fraction of sp³-hybridized carbons (Fsp3) is 0.348. The van der Waals surface area contributed by atoms with E-state index in [9.17, 15) is 26.4 Å². The Morgan fingerprint density at radius 1 is 1.05 bits per heavy atom. The van der Waals surface area contributed by atoms with Crippen LogP contribution in [0.4, 0.5) is 18.9 Å². The summed E-state index contributed by atoms with van der Waals surface area (Å²) < 4.78 is 71.5. The summed E-state index contributed by atoms with van der Waals surface area (Å²) in [6, 6.07) is 11.0. The van der Waals surface area contributed by atoms with Crippen LogP contribution in [-0.4, -0.2) is 66.4 Å². The Morgan fingerprint density at radius 3 is 2.46 bits per heavy atom. The minimum absolute atomic E-state index is 0.0667. The van der Waals surface area contributed by atoms with Crippen molar-refractivity contribution in [1.82, 2.24) is 19.1 Å². The van der Waals surface area contributed by atoms with E-state index < -0.39 is 28.2 Å². The van der Waals surface area contributed by atoms with Gasteiger partial charge in [-0.05, 0) is 36.8 Å². The molecule has 0 atom stereocenters. The summed E-state index contributed by atoms with van der Waals surface area (Å²) in [4.78, 5) is 19.0. The second-order valence-corrected chi connectivity index (χ2v) is 10.5. The van der Waals surface area contributed by atoms with Crippen molar-refractivity contribution in [3.8, 4) is 11.4 Å². The Bertz CT molecular complexity index is 1400. The van der Waals surface area contributed by atoms with E-state index in [4.69, 9.17) is 16.3 Å². The highest BCUT2D eigenvalue weighted by atomic mass is 35.5. The van der Waals surface area contributed by atoms with Gasteiger partial charge in [-0.15, -0.1) is 0 Å². The summed E-state index contributed by atoms with van der Waals surface area (Å²) in [5, 5.41) is 4.51. The Labute approximate surface area is 216 Å². The number of nitrogens with zero attached hydrogens (tertiary/aromatic N) is 5. The molecule has 0 N–H and O–H groups in total. The summed E-state index contributed by atoms with van der Waals surface area (Å²) in [7, 11) is -3.80. The molecule has 0 spiro atoms. The van der Waals surface area contributed by atoms with Crippen molar-refractivity contribution in [3.63, 3.8) is 0 Å². The molecule has 37 heavy (non-hydrogen) atoms. The first-order valence-electron chi connectivity index (χ1n) is 11.3. The fourth-order valence-corrected chi connectivity index (χ4v) is 5.37. The highest BCUT2D eigenvalue weighted by Gasteiger charge is 2.31. The van der Waals surface area contributed by atoms with Gasteiger partial charge in [0.25, 0.3) is 10.0 Å². The van der Waals surface area contributed by atoms with E-state index in [1.807, 2.05) is 0 Å². The van der Waals surface area contributed by atoms with E-state index in [2.05, 4.69) is 10.1 Å². The van der Waals surface area contributed by atoms with Crippen LogP contribution in [0, 0.1) is 0 Å². The van der Waals surface area contributed by atoms with Gasteiger partial charge in [-0.2, -0.15) is 27.3 Å². The average Bonchev–Trinajstić information content (AvgIpc) is 2.87. The number of rotatable bonds is 8. The van der Waals surface area contributed by atoms with E-state index in [0.717, 1.165) is 4.68 Å². The maximum absolute atomic E-state index is 13.3. The summed E-state index contributed by atoms with van der Waals surface area (Å²) >= 11 is 6.03. The number of ether oxygens (including phenoxy) is 1. The van der Waals surface area contributed by atoms with E-state index >= 15 is 0 Å². The molecule has 0 aliphatic carbocycles. The van der Waals surface area contributed by atoms with Crippen molar-refractivity contribution in [3.05, 3.63) is 70.2 Å². The van der Waals surface area contributed by atoms with Crippen molar-refractivity contribution in [2.75, 3.05) is 37.7 Å². The molecule has 14 heteroatoms. The zero-order valence-electron chi connectivity index (χ0n) is 19.4. The largest absolute Gasteiger partial charge is 0.486 e. The Hall–Kier alpha value is -3.16. The number of aromatic nitrogens is 3. The standard InChI is InChI=1S/C23H23ClF3N5O4S/c24-17-5-3-6-18(15-17)32-22(33)21(36-14-4-8-23(25,26)27)19(16-29-32)30-10-12-31(13-11-30)37(34,35)20-7-1-2-9-28-20/h1-3,5-7,9,15-16H,4,8,10-14H2. The second kappa shape index (κ2) is 11.1. The predicted molar refractivity (Wildman–Crippen MR) is 131 cm³/mol. The molecule has 3 aromatic rings. The van der Waals surface area contributed by atoms with Crippen molar-refractivity contribution < 1.29 is 26.3 Å². The highest BCUT2D eigenvalue weighted by Crippen LogP contribution is 2.28. The molecular weight excluding hydrogens is 535 g/mol. The maximum Gasteiger partial charge on any atom is 0.389 e. The van der Waals surface area contributed by atoms with Crippen LogP contribution >= 0.6 is 11.6 Å². The Morgan fingerprint density at radius 2 is 1.81 bits per heavy atom. The minimum atomic E-state index is -4.35. The van der Waals surface area contributed by atoms with Crippen LogP contribution < -0.4 is 15.2 Å². The third-order valence-corrected chi connectivity index (χ3v) is 7.69. The van der Waals surface area contributed by atoms with Gasteiger partial charge in [-0.25, -0.2) is 13.4 Å². The number of anilines is 1. The third kappa shape index (κ3) is 6.40. The number of sulfonamides is 1. The molecule has 198 valence electrons. The van der Waals surface area contributed by atoms with Crippen LogP contribution in [0.25, 0.3) is 5.69 Å². The fourth-order valence-electron chi connectivity index (χ4n) is 3.83. The zero-order valence-corrected chi connectivity index (χ0v) is 21.0. The smallest absolute Gasteiger partial charge is 0.389 e. The lowest BCUT2D eigenvalue weighted by Crippen LogP contribution is -2.49.